The van der Waals surface area contributed by atoms with E-state index in [1.54, 1.807) is 0 Å². The first-order chi connectivity index (χ1) is 27.5. The maximum Gasteiger partial charge on any atom is 0.472 e. The van der Waals surface area contributed by atoms with E-state index in [4.69, 9.17) is 18.5 Å². The summed E-state index contributed by atoms with van der Waals surface area (Å²) in [5.41, 5.74) is 0. The number of carbonyl (C=O) groups excluding carboxylic acids is 2. The number of quaternary nitrogens is 1. The van der Waals surface area contributed by atoms with Gasteiger partial charge in [0, 0.05) is 12.8 Å². The summed E-state index contributed by atoms with van der Waals surface area (Å²) in [4.78, 5) is 35.4. The van der Waals surface area contributed by atoms with Gasteiger partial charge in [0.25, 0.3) is 0 Å². The number of likely N-dealkylation sites (N-methyl/N-ethyl adjacent to an activating group) is 1. The molecular formula is C47H93NO8P+. The molecule has 0 saturated heterocycles. The number of carbonyl (C=O) groups is 2. The Labute approximate surface area is 352 Å². The number of hydrogen-bond acceptors (Lipinski definition) is 7. The summed E-state index contributed by atoms with van der Waals surface area (Å²) in [6.45, 7) is 4.44. The zero-order valence-corrected chi connectivity index (χ0v) is 39.0. The normalized spacial score (nSPS) is 13.6. The maximum atomic E-state index is 12.7. The predicted octanol–water partition coefficient (Wildman–Crippen LogP) is 13.8. The molecule has 0 aliphatic rings. The van der Waals surface area contributed by atoms with Crippen molar-refractivity contribution in [3.8, 4) is 0 Å². The van der Waals surface area contributed by atoms with Crippen molar-refractivity contribution in [1.29, 1.82) is 0 Å². The molecule has 0 aromatic carbocycles. The van der Waals surface area contributed by atoms with Gasteiger partial charge in [-0.2, -0.15) is 0 Å². The largest absolute Gasteiger partial charge is 0.472 e. The van der Waals surface area contributed by atoms with Crippen LogP contribution in [0.1, 0.15) is 226 Å². The van der Waals surface area contributed by atoms with E-state index in [9.17, 15) is 19.0 Å². The molecule has 1 N–H and O–H groups in total. The minimum Gasteiger partial charge on any atom is -0.462 e. The van der Waals surface area contributed by atoms with Crippen molar-refractivity contribution >= 4 is 19.8 Å². The zero-order valence-electron chi connectivity index (χ0n) is 38.1. The highest BCUT2D eigenvalue weighted by Gasteiger charge is 2.27. The summed E-state index contributed by atoms with van der Waals surface area (Å²) in [6, 6.07) is 0. The summed E-state index contributed by atoms with van der Waals surface area (Å²) in [5, 5.41) is 0. The molecule has 1 unspecified atom stereocenters. The third-order valence-corrected chi connectivity index (χ3v) is 11.5. The standard InChI is InChI=1S/C47H92NO8P/c1-6-8-10-12-14-16-18-20-22-23-24-26-27-29-31-33-35-37-39-46(49)53-43-45(44-55-57(51,52)54-42-41-48(3,4)5)56-47(50)40-38-36-34-32-30-28-25-21-19-17-15-13-11-9-7-2/h28,30,45H,6-27,29,31-44H2,1-5H3/p+1/b30-28+/t45-/m1/s1. The van der Waals surface area contributed by atoms with E-state index in [0.717, 1.165) is 44.9 Å². The van der Waals surface area contributed by atoms with Crippen LogP contribution in [0.3, 0.4) is 0 Å². The molecule has 0 bridgehead atoms. The van der Waals surface area contributed by atoms with Crippen molar-refractivity contribution < 1.29 is 42.1 Å². The van der Waals surface area contributed by atoms with Crippen molar-refractivity contribution in [3.63, 3.8) is 0 Å². The lowest BCUT2D eigenvalue weighted by Gasteiger charge is -2.24. The van der Waals surface area contributed by atoms with Crippen molar-refractivity contribution in [3.05, 3.63) is 12.2 Å². The quantitative estimate of drug-likeness (QED) is 0.0213. The number of allylic oxidation sites excluding steroid dienone is 2. The first-order valence-corrected chi connectivity index (χ1v) is 25.4. The highest BCUT2D eigenvalue weighted by atomic mass is 31.2. The van der Waals surface area contributed by atoms with Crippen LogP contribution in [0.2, 0.25) is 0 Å². The SMILES string of the molecule is CCCCCCCCCC/C=C/CCCCCC(=O)O[C@H](COC(=O)CCCCCCCCCCCCCCCCCCCC)COP(=O)(O)OCC[N+](C)(C)C. The third kappa shape index (κ3) is 44.1. The highest BCUT2D eigenvalue weighted by Crippen LogP contribution is 2.43. The topological polar surface area (TPSA) is 108 Å². The summed E-state index contributed by atoms with van der Waals surface area (Å²) >= 11 is 0. The molecule has 0 radical (unpaired) electrons. The molecule has 0 fully saturated rings. The summed E-state index contributed by atoms with van der Waals surface area (Å²) in [7, 11) is 1.48. The Bertz CT molecular complexity index is 985. The summed E-state index contributed by atoms with van der Waals surface area (Å²) in [5.74, 6) is -0.804. The van der Waals surface area contributed by atoms with Gasteiger partial charge >= 0.3 is 19.8 Å². The van der Waals surface area contributed by atoms with E-state index in [1.807, 2.05) is 21.1 Å². The Morgan fingerprint density at radius 3 is 1.32 bits per heavy atom. The van der Waals surface area contributed by atoms with Crippen LogP contribution in [0.15, 0.2) is 12.2 Å². The van der Waals surface area contributed by atoms with Gasteiger partial charge in [0.2, 0.25) is 0 Å². The van der Waals surface area contributed by atoms with Crippen LogP contribution in [-0.2, 0) is 32.7 Å². The van der Waals surface area contributed by atoms with Gasteiger partial charge in [0.05, 0.1) is 27.7 Å². The number of phosphoric acid groups is 1. The average molecular weight is 831 g/mol. The van der Waals surface area contributed by atoms with Crippen molar-refractivity contribution in [2.75, 3.05) is 47.5 Å². The average Bonchev–Trinajstić information content (AvgIpc) is 3.16. The molecule has 10 heteroatoms. The second-order valence-electron chi connectivity index (χ2n) is 17.5. The molecule has 2 atom stereocenters. The number of nitrogens with zero attached hydrogens (tertiary/aromatic N) is 1. The molecule has 57 heavy (non-hydrogen) atoms. The molecule has 9 nitrogen and oxygen atoms in total. The smallest absolute Gasteiger partial charge is 0.462 e. The molecule has 0 aliphatic carbocycles. The van der Waals surface area contributed by atoms with Gasteiger partial charge in [-0.3, -0.25) is 18.6 Å². The molecule has 0 rings (SSSR count). The van der Waals surface area contributed by atoms with Crippen molar-refractivity contribution in [2.45, 2.75) is 232 Å². The van der Waals surface area contributed by atoms with Gasteiger partial charge < -0.3 is 18.9 Å². The van der Waals surface area contributed by atoms with E-state index >= 15 is 0 Å². The number of hydrogen-bond donors (Lipinski definition) is 1. The number of phosphoric ester groups is 1. The van der Waals surface area contributed by atoms with Crippen LogP contribution < -0.4 is 0 Å². The minimum absolute atomic E-state index is 0.0322. The molecule has 0 saturated carbocycles. The van der Waals surface area contributed by atoms with Gasteiger partial charge in [0.15, 0.2) is 6.10 Å². The van der Waals surface area contributed by atoms with Crippen LogP contribution in [0.5, 0.6) is 0 Å². The highest BCUT2D eigenvalue weighted by molar-refractivity contribution is 7.47. The number of unbranched alkanes of at least 4 members (excludes halogenated alkanes) is 28. The number of rotatable bonds is 44. The fraction of sp³-hybridized carbons (Fsp3) is 0.915. The third-order valence-electron chi connectivity index (χ3n) is 10.5. The first-order valence-electron chi connectivity index (χ1n) is 23.9. The van der Waals surface area contributed by atoms with E-state index in [-0.39, 0.29) is 25.6 Å². The lowest BCUT2D eigenvalue weighted by molar-refractivity contribution is -0.870. The Balaban J connectivity index is 4.28. The molecule has 0 spiro atoms. The molecular weight excluding hydrogens is 737 g/mol. The van der Waals surface area contributed by atoms with Gasteiger partial charge in [-0.15, -0.1) is 0 Å². The summed E-state index contributed by atoms with van der Waals surface area (Å²) in [6.07, 6.45) is 42.6. The maximum absolute atomic E-state index is 12.7. The summed E-state index contributed by atoms with van der Waals surface area (Å²) < 4.78 is 34.4. The Morgan fingerprint density at radius 2 is 0.895 bits per heavy atom. The molecule has 0 aromatic heterocycles. The van der Waals surface area contributed by atoms with E-state index in [2.05, 4.69) is 26.0 Å². The van der Waals surface area contributed by atoms with Crippen molar-refractivity contribution in [1.82, 2.24) is 0 Å². The van der Waals surface area contributed by atoms with Gasteiger partial charge in [-0.05, 0) is 38.5 Å². The molecule has 0 aromatic rings. The zero-order chi connectivity index (χ0) is 42.1. The van der Waals surface area contributed by atoms with Crippen LogP contribution in [0.25, 0.3) is 0 Å². The second kappa shape index (κ2) is 40.2. The van der Waals surface area contributed by atoms with Crippen LogP contribution in [-0.4, -0.2) is 74.9 Å². The van der Waals surface area contributed by atoms with Crippen LogP contribution in [0, 0.1) is 0 Å². The molecule has 338 valence electrons. The lowest BCUT2D eigenvalue weighted by Crippen LogP contribution is -2.37. The van der Waals surface area contributed by atoms with Crippen LogP contribution in [0.4, 0.5) is 0 Å². The number of ether oxygens (including phenoxy) is 2. The van der Waals surface area contributed by atoms with E-state index in [0.29, 0.717) is 23.9 Å². The molecule has 0 amide bonds. The van der Waals surface area contributed by atoms with E-state index < -0.39 is 26.5 Å². The van der Waals surface area contributed by atoms with Gasteiger partial charge in [0.1, 0.15) is 19.8 Å². The Hall–Kier alpha value is -1.25. The fourth-order valence-electron chi connectivity index (χ4n) is 6.77. The predicted molar refractivity (Wildman–Crippen MR) is 238 cm³/mol. The fourth-order valence-corrected chi connectivity index (χ4v) is 7.52. The Morgan fingerprint density at radius 1 is 0.526 bits per heavy atom. The minimum atomic E-state index is -4.37. The Kier molecular flexibility index (Phi) is 39.3. The molecule has 0 aliphatic heterocycles. The number of esters is 2. The van der Waals surface area contributed by atoms with Crippen molar-refractivity contribution in [2.24, 2.45) is 0 Å². The van der Waals surface area contributed by atoms with Gasteiger partial charge in [-0.1, -0.05) is 187 Å². The van der Waals surface area contributed by atoms with Crippen LogP contribution >= 0.6 is 7.82 Å². The van der Waals surface area contributed by atoms with E-state index in [1.165, 1.54) is 148 Å². The second-order valence-corrected chi connectivity index (χ2v) is 19.0. The van der Waals surface area contributed by atoms with Gasteiger partial charge in [-0.25, -0.2) is 4.57 Å². The molecule has 0 heterocycles. The first kappa shape index (κ1) is 55.8. The monoisotopic (exact) mass is 831 g/mol. The lowest BCUT2D eigenvalue weighted by atomic mass is 10.0.